The summed E-state index contributed by atoms with van der Waals surface area (Å²) >= 11 is 0. The molecule has 0 radical (unpaired) electrons. The average molecular weight is 449 g/mol. The van der Waals surface area contributed by atoms with Crippen LogP contribution in [0, 0.1) is 11.8 Å². The van der Waals surface area contributed by atoms with Gasteiger partial charge in [-0.2, -0.15) is 0 Å². The van der Waals surface area contributed by atoms with Crippen LogP contribution in [0.5, 0.6) is 11.5 Å². The summed E-state index contributed by atoms with van der Waals surface area (Å²) in [5.41, 5.74) is 2.21. The van der Waals surface area contributed by atoms with Gasteiger partial charge in [0.1, 0.15) is 5.70 Å². The minimum Gasteiger partial charge on any atom is -0.490 e. The van der Waals surface area contributed by atoms with Crippen molar-refractivity contribution in [1.82, 2.24) is 4.90 Å². The maximum Gasteiger partial charge on any atom is 0.282 e. The minimum absolute atomic E-state index is 0.285. The van der Waals surface area contributed by atoms with Crippen LogP contribution in [0.4, 0.5) is 5.69 Å². The Morgan fingerprint density at radius 3 is 2.12 bits per heavy atom. The molecule has 0 aromatic heterocycles. The van der Waals surface area contributed by atoms with Gasteiger partial charge >= 0.3 is 0 Å². The molecule has 2 aromatic rings. The Balaban J connectivity index is 1.79. The van der Waals surface area contributed by atoms with Gasteiger partial charge in [-0.1, -0.05) is 44.2 Å². The van der Waals surface area contributed by atoms with Crippen LogP contribution in [0.15, 0.2) is 54.2 Å². The summed E-state index contributed by atoms with van der Waals surface area (Å²) in [5, 5.41) is 0. The number of carbonyl (C=O) groups excluding carboxylic acids is 2. The fraction of sp³-hybridized carbons (Fsp3) is 0.407. The van der Waals surface area contributed by atoms with Crippen LogP contribution in [0.1, 0.15) is 39.7 Å². The van der Waals surface area contributed by atoms with E-state index in [0.29, 0.717) is 53.5 Å². The monoisotopic (exact) mass is 448 g/mol. The molecule has 2 unspecified atom stereocenters. The molecule has 0 N–H and O–H groups in total. The number of piperidine rings is 1. The normalized spacial score (nSPS) is 21.1. The number of hydrogen-bond acceptors (Lipinski definition) is 5. The predicted molar refractivity (Wildman–Crippen MR) is 129 cm³/mol. The molecular formula is C27H32N2O4. The first-order valence-electron chi connectivity index (χ1n) is 11.8. The lowest BCUT2D eigenvalue weighted by atomic mass is 9.91. The number of imide groups is 1. The molecular weight excluding hydrogens is 416 g/mol. The SMILES string of the molecule is CCOc1ccc(N2C(=O)C(c3ccccc3)=C(N3CC(C)CC(C)C3)C2=O)cc1OCC. The fourth-order valence-electron chi connectivity index (χ4n) is 4.94. The van der Waals surface area contributed by atoms with Gasteiger partial charge in [-0.3, -0.25) is 9.59 Å². The second kappa shape index (κ2) is 9.69. The Bertz CT molecular complexity index is 1050. The molecule has 0 bridgehead atoms. The molecule has 33 heavy (non-hydrogen) atoms. The van der Waals surface area contributed by atoms with E-state index in [9.17, 15) is 9.59 Å². The second-order valence-electron chi connectivity index (χ2n) is 8.88. The van der Waals surface area contributed by atoms with Crippen molar-refractivity contribution in [3.63, 3.8) is 0 Å². The average Bonchev–Trinajstić information content (AvgIpc) is 3.05. The topological polar surface area (TPSA) is 59.1 Å². The number of nitrogens with zero attached hydrogens (tertiary/aromatic N) is 2. The minimum atomic E-state index is -0.307. The molecule has 4 rings (SSSR count). The van der Waals surface area contributed by atoms with Crippen molar-refractivity contribution in [1.29, 1.82) is 0 Å². The maximum atomic E-state index is 13.8. The lowest BCUT2D eigenvalue weighted by Crippen LogP contribution is -2.42. The van der Waals surface area contributed by atoms with Gasteiger partial charge < -0.3 is 14.4 Å². The van der Waals surface area contributed by atoms with E-state index in [1.807, 2.05) is 44.2 Å². The summed E-state index contributed by atoms with van der Waals surface area (Å²) in [4.78, 5) is 31.0. The molecule has 2 aliphatic heterocycles. The molecule has 0 aliphatic carbocycles. The Labute approximate surface area is 195 Å². The number of likely N-dealkylation sites (tertiary alicyclic amines) is 1. The summed E-state index contributed by atoms with van der Waals surface area (Å²) in [6, 6.07) is 14.7. The third-order valence-electron chi connectivity index (χ3n) is 6.09. The summed E-state index contributed by atoms with van der Waals surface area (Å²) in [6.45, 7) is 10.7. The number of ether oxygens (including phenoxy) is 2. The number of hydrogen-bond donors (Lipinski definition) is 0. The van der Waals surface area contributed by atoms with E-state index in [1.165, 1.54) is 4.90 Å². The highest BCUT2D eigenvalue weighted by Crippen LogP contribution is 2.39. The third kappa shape index (κ3) is 4.47. The van der Waals surface area contributed by atoms with E-state index in [0.717, 1.165) is 25.1 Å². The van der Waals surface area contributed by atoms with Crippen molar-refractivity contribution in [3.05, 3.63) is 59.8 Å². The molecule has 6 heteroatoms. The quantitative estimate of drug-likeness (QED) is 0.573. The van der Waals surface area contributed by atoms with Gasteiger partial charge in [0.05, 0.1) is 24.5 Å². The predicted octanol–water partition coefficient (Wildman–Crippen LogP) is 4.75. The standard InChI is InChI=1S/C27H32N2O4/c1-5-32-22-13-12-21(15-23(22)33-6-2)29-26(30)24(20-10-8-7-9-11-20)25(27(29)31)28-16-18(3)14-19(4)17-28/h7-13,15,18-19H,5-6,14,16-17H2,1-4H3. The third-order valence-corrected chi connectivity index (χ3v) is 6.09. The smallest absolute Gasteiger partial charge is 0.282 e. The maximum absolute atomic E-state index is 13.8. The molecule has 0 spiro atoms. The molecule has 2 amide bonds. The Morgan fingerprint density at radius 2 is 1.48 bits per heavy atom. The van der Waals surface area contributed by atoms with E-state index < -0.39 is 0 Å². The molecule has 174 valence electrons. The summed E-state index contributed by atoms with van der Waals surface area (Å²) < 4.78 is 11.4. The number of carbonyl (C=O) groups is 2. The number of rotatable bonds is 7. The first kappa shape index (κ1) is 22.9. The zero-order chi connectivity index (χ0) is 23.5. The molecule has 1 fully saturated rings. The van der Waals surface area contributed by atoms with E-state index >= 15 is 0 Å². The Kier molecular flexibility index (Phi) is 6.72. The highest BCUT2D eigenvalue weighted by atomic mass is 16.5. The lowest BCUT2D eigenvalue weighted by molar-refractivity contribution is -0.120. The van der Waals surface area contributed by atoms with Crippen molar-refractivity contribution in [2.24, 2.45) is 11.8 Å². The van der Waals surface area contributed by atoms with Crippen LogP contribution in [-0.4, -0.2) is 43.0 Å². The molecule has 2 atom stereocenters. The van der Waals surface area contributed by atoms with Gasteiger partial charge in [0, 0.05) is 19.2 Å². The van der Waals surface area contributed by atoms with Crippen molar-refractivity contribution >= 4 is 23.1 Å². The van der Waals surface area contributed by atoms with Gasteiger partial charge in [0.2, 0.25) is 0 Å². The zero-order valence-electron chi connectivity index (χ0n) is 19.8. The zero-order valence-corrected chi connectivity index (χ0v) is 19.8. The summed E-state index contributed by atoms with van der Waals surface area (Å²) in [5.74, 6) is 1.42. The summed E-state index contributed by atoms with van der Waals surface area (Å²) in [7, 11) is 0. The molecule has 0 saturated carbocycles. The largest absolute Gasteiger partial charge is 0.490 e. The van der Waals surface area contributed by atoms with Crippen LogP contribution < -0.4 is 14.4 Å². The van der Waals surface area contributed by atoms with Crippen LogP contribution in [0.3, 0.4) is 0 Å². The van der Waals surface area contributed by atoms with Gasteiger partial charge in [-0.05, 0) is 49.8 Å². The molecule has 1 saturated heterocycles. The van der Waals surface area contributed by atoms with E-state index in [1.54, 1.807) is 18.2 Å². The van der Waals surface area contributed by atoms with E-state index in [2.05, 4.69) is 18.7 Å². The second-order valence-corrected chi connectivity index (χ2v) is 8.88. The first-order valence-corrected chi connectivity index (χ1v) is 11.8. The first-order chi connectivity index (χ1) is 15.9. The highest BCUT2D eigenvalue weighted by molar-refractivity contribution is 6.45. The van der Waals surface area contributed by atoms with Crippen LogP contribution in [-0.2, 0) is 9.59 Å². The van der Waals surface area contributed by atoms with Gasteiger partial charge in [-0.15, -0.1) is 0 Å². The van der Waals surface area contributed by atoms with Crippen molar-refractivity contribution in [2.75, 3.05) is 31.2 Å². The van der Waals surface area contributed by atoms with Gasteiger partial charge in [-0.25, -0.2) is 4.90 Å². The molecule has 2 aromatic carbocycles. The van der Waals surface area contributed by atoms with Crippen LogP contribution >= 0.6 is 0 Å². The number of benzene rings is 2. The van der Waals surface area contributed by atoms with Crippen molar-refractivity contribution in [3.8, 4) is 11.5 Å². The number of anilines is 1. The van der Waals surface area contributed by atoms with Crippen LogP contribution in [0.25, 0.3) is 5.57 Å². The number of amides is 2. The Morgan fingerprint density at radius 1 is 0.848 bits per heavy atom. The van der Waals surface area contributed by atoms with E-state index in [-0.39, 0.29) is 11.8 Å². The Hall–Kier alpha value is -3.28. The molecule has 2 heterocycles. The van der Waals surface area contributed by atoms with Crippen molar-refractivity contribution in [2.45, 2.75) is 34.1 Å². The highest BCUT2D eigenvalue weighted by Gasteiger charge is 2.43. The van der Waals surface area contributed by atoms with Crippen LogP contribution in [0.2, 0.25) is 0 Å². The molecule has 2 aliphatic rings. The lowest BCUT2D eigenvalue weighted by Gasteiger charge is -2.37. The van der Waals surface area contributed by atoms with Gasteiger partial charge in [0.15, 0.2) is 11.5 Å². The van der Waals surface area contributed by atoms with Crippen molar-refractivity contribution < 1.29 is 19.1 Å². The molecule has 6 nitrogen and oxygen atoms in total. The van der Waals surface area contributed by atoms with Gasteiger partial charge in [0.25, 0.3) is 11.8 Å². The van der Waals surface area contributed by atoms with E-state index in [4.69, 9.17) is 9.47 Å². The summed E-state index contributed by atoms with van der Waals surface area (Å²) in [6.07, 6.45) is 1.12. The fourth-order valence-corrected chi connectivity index (χ4v) is 4.94.